The predicted molar refractivity (Wildman–Crippen MR) is 110 cm³/mol. The number of nitro groups is 1. The third kappa shape index (κ3) is 4.05. The van der Waals surface area contributed by atoms with Crippen LogP contribution in [0.5, 0.6) is 5.75 Å². The van der Waals surface area contributed by atoms with Crippen molar-refractivity contribution in [3.63, 3.8) is 0 Å². The maximum Gasteiger partial charge on any atom is 0.335 e. The van der Waals surface area contributed by atoms with Crippen molar-refractivity contribution in [1.82, 2.24) is 5.32 Å². The minimum absolute atomic E-state index is 0.0304. The molecule has 1 fully saturated rings. The standard InChI is InChI=1S/C18H11Br2N3O6/c1-29-15-13(19)6-9(7-14(15)20)5-12-16(24)21-18(26)22(17(12)25)10-3-2-4-11(8-10)23(27)28/h2-8H,1H3,(H,21,24,26)/b12-5+. The van der Waals surface area contributed by atoms with E-state index in [0.29, 0.717) is 25.2 Å². The number of halogens is 2. The number of nitro benzene ring substituents is 1. The number of hydrogen-bond acceptors (Lipinski definition) is 6. The van der Waals surface area contributed by atoms with E-state index in [4.69, 9.17) is 4.74 Å². The van der Waals surface area contributed by atoms with Crippen LogP contribution in [-0.4, -0.2) is 29.9 Å². The van der Waals surface area contributed by atoms with Gasteiger partial charge in [-0.3, -0.25) is 25.0 Å². The van der Waals surface area contributed by atoms with Gasteiger partial charge in [0.1, 0.15) is 11.3 Å². The lowest BCUT2D eigenvalue weighted by Gasteiger charge is -2.26. The van der Waals surface area contributed by atoms with E-state index in [1.54, 1.807) is 12.1 Å². The summed E-state index contributed by atoms with van der Waals surface area (Å²) in [5.41, 5.74) is -0.151. The Hall–Kier alpha value is -3.05. The maximum atomic E-state index is 12.9. The first kappa shape index (κ1) is 20.7. The number of methoxy groups -OCH3 is 1. The number of rotatable bonds is 4. The number of nitrogens with zero attached hydrogens (tertiary/aromatic N) is 2. The fourth-order valence-corrected chi connectivity index (χ4v) is 4.21. The number of hydrogen-bond donors (Lipinski definition) is 1. The second kappa shape index (κ2) is 8.13. The Morgan fingerprint density at radius 3 is 2.38 bits per heavy atom. The van der Waals surface area contributed by atoms with E-state index in [1.165, 1.54) is 31.4 Å². The predicted octanol–water partition coefficient (Wildman–Crippen LogP) is 3.79. The summed E-state index contributed by atoms with van der Waals surface area (Å²) in [5.74, 6) is -1.24. The Kier molecular flexibility index (Phi) is 5.80. The van der Waals surface area contributed by atoms with Gasteiger partial charge in [0.05, 0.1) is 26.7 Å². The molecule has 148 valence electrons. The molecule has 9 nitrogen and oxygen atoms in total. The van der Waals surface area contributed by atoms with E-state index in [9.17, 15) is 24.5 Å². The maximum absolute atomic E-state index is 12.9. The molecule has 0 bridgehead atoms. The normalized spacial score (nSPS) is 15.5. The zero-order valence-corrected chi connectivity index (χ0v) is 17.8. The molecule has 4 amide bonds. The largest absolute Gasteiger partial charge is 0.494 e. The van der Waals surface area contributed by atoms with Crippen LogP contribution < -0.4 is 15.0 Å². The van der Waals surface area contributed by atoms with Crippen LogP contribution in [0.15, 0.2) is 50.9 Å². The molecule has 2 aromatic carbocycles. The Labute approximate surface area is 180 Å². The summed E-state index contributed by atoms with van der Waals surface area (Å²) in [5, 5.41) is 13.1. The number of barbiturate groups is 1. The van der Waals surface area contributed by atoms with Gasteiger partial charge in [-0.05, 0) is 61.7 Å². The molecule has 3 rings (SSSR count). The first-order chi connectivity index (χ1) is 13.7. The van der Waals surface area contributed by atoms with Crippen LogP contribution in [-0.2, 0) is 9.59 Å². The molecule has 1 N–H and O–H groups in total. The minimum atomic E-state index is -0.991. The van der Waals surface area contributed by atoms with Crippen LogP contribution in [0.1, 0.15) is 5.56 Å². The van der Waals surface area contributed by atoms with Crippen molar-refractivity contribution in [2.24, 2.45) is 0 Å². The molecule has 0 aromatic heterocycles. The lowest BCUT2D eigenvalue weighted by molar-refractivity contribution is -0.384. The lowest BCUT2D eigenvalue weighted by atomic mass is 10.1. The summed E-state index contributed by atoms with van der Waals surface area (Å²) in [6, 6.07) is 7.27. The molecule has 11 heteroatoms. The van der Waals surface area contributed by atoms with Gasteiger partial charge in [0.15, 0.2) is 0 Å². The smallest absolute Gasteiger partial charge is 0.335 e. The van der Waals surface area contributed by atoms with Crippen molar-refractivity contribution in [2.45, 2.75) is 0 Å². The van der Waals surface area contributed by atoms with Gasteiger partial charge in [-0.25, -0.2) is 9.69 Å². The number of imide groups is 2. The summed E-state index contributed by atoms with van der Waals surface area (Å²) in [7, 11) is 1.49. The van der Waals surface area contributed by atoms with Gasteiger partial charge in [-0.15, -0.1) is 0 Å². The van der Waals surface area contributed by atoms with Gasteiger partial charge in [0, 0.05) is 12.1 Å². The van der Waals surface area contributed by atoms with Crippen LogP contribution in [0.4, 0.5) is 16.2 Å². The molecular formula is C18H11Br2N3O6. The lowest BCUT2D eigenvalue weighted by Crippen LogP contribution is -2.54. The van der Waals surface area contributed by atoms with Crippen LogP contribution in [0.25, 0.3) is 6.08 Å². The first-order valence-corrected chi connectivity index (χ1v) is 9.50. The zero-order valence-electron chi connectivity index (χ0n) is 14.6. The van der Waals surface area contributed by atoms with Gasteiger partial charge in [0.25, 0.3) is 17.5 Å². The van der Waals surface area contributed by atoms with Gasteiger partial charge in [-0.2, -0.15) is 0 Å². The first-order valence-electron chi connectivity index (χ1n) is 7.92. The summed E-state index contributed by atoms with van der Waals surface area (Å²) in [4.78, 5) is 48.4. The average Bonchev–Trinajstić information content (AvgIpc) is 2.65. The van der Waals surface area contributed by atoms with E-state index in [2.05, 4.69) is 37.2 Å². The summed E-state index contributed by atoms with van der Waals surface area (Å²) >= 11 is 6.67. The third-order valence-electron chi connectivity index (χ3n) is 3.94. The summed E-state index contributed by atoms with van der Waals surface area (Å²) in [6.07, 6.45) is 1.31. The van der Waals surface area contributed by atoms with Crippen molar-refractivity contribution >= 4 is 67.2 Å². The average molecular weight is 525 g/mol. The van der Waals surface area contributed by atoms with Crippen molar-refractivity contribution in [1.29, 1.82) is 0 Å². The molecule has 29 heavy (non-hydrogen) atoms. The number of ether oxygens (including phenoxy) is 1. The number of benzene rings is 2. The monoisotopic (exact) mass is 523 g/mol. The summed E-state index contributed by atoms with van der Waals surface area (Å²) in [6.45, 7) is 0. The number of urea groups is 1. The van der Waals surface area contributed by atoms with Crippen molar-refractivity contribution in [3.05, 3.63) is 66.6 Å². The minimum Gasteiger partial charge on any atom is -0.494 e. The number of non-ortho nitro benzene ring substituents is 1. The third-order valence-corrected chi connectivity index (χ3v) is 5.11. The summed E-state index contributed by atoms with van der Waals surface area (Å²) < 4.78 is 6.37. The molecule has 0 saturated carbocycles. The molecule has 1 aliphatic heterocycles. The van der Waals surface area contributed by atoms with Crippen LogP contribution in [0.2, 0.25) is 0 Å². The highest BCUT2D eigenvalue weighted by atomic mass is 79.9. The second-order valence-corrected chi connectivity index (χ2v) is 7.46. The molecule has 2 aromatic rings. The molecule has 0 unspecified atom stereocenters. The molecule has 1 heterocycles. The van der Waals surface area contributed by atoms with Gasteiger partial charge < -0.3 is 4.74 Å². The number of amides is 4. The van der Waals surface area contributed by atoms with Crippen molar-refractivity contribution in [3.8, 4) is 5.75 Å². The fourth-order valence-electron chi connectivity index (χ4n) is 2.66. The van der Waals surface area contributed by atoms with Gasteiger partial charge >= 0.3 is 6.03 Å². The number of anilines is 1. The van der Waals surface area contributed by atoms with E-state index in [-0.39, 0.29) is 16.9 Å². The van der Waals surface area contributed by atoms with E-state index >= 15 is 0 Å². The molecule has 0 radical (unpaired) electrons. The van der Waals surface area contributed by atoms with E-state index in [1.807, 2.05) is 0 Å². The fraction of sp³-hybridized carbons (Fsp3) is 0.0556. The number of nitrogens with one attached hydrogen (secondary N) is 1. The molecule has 0 atom stereocenters. The Balaban J connectivity index is 2.05. The topological polar surface area (TPSA) is 119 Å². The zero-order chi connectivity index (χ0) is 21.3. The molecule has 1 aliphatic rings. The Bertz CT molecular complexity index is 1080. The molecule has 0 aliphatic carbocycles. The quantitative estimate of drug-likeness (QED) is 0.281. The SMILES string of the molecule is COc1c(Br)cc(/C=C2\C(=O)NC(=O)N(c3cccc([N+](=O)[O-])c3)C2=O)cc1Br. The highest BCUT2D eigenvalue weighted by molar-refractivity contribution is 9.11. The van der Waals surface area contributed by atoms with Crippen LogP contribution in [0, 0.1) is 10.1 Å². The van der Waals surface area contributed by atoms with Crippen LogP contribution >= 0.6 is 31.9 Å². The second-order valence-electron chi connectivity index (χ2n) is 5.75. The highest BCUT2D eigenvalue weighted by Gasteiger charge is 2.37. The molecule has 1 saturated heterocycles. The Morgan fingerprint density at radius 2 is 1.79 bits per heavy atom. The van der Waals surface area contributed by atoms with Crippen LogP contribution in [0.3, 0.4) is 0 Å². The highest BCUT2D eigenvalue weighted by Crippen LogP contribution is 2.35. The number of carbonyl (C=O) groups excluding carboxylic acids is 3. The van der Waals surface area contributed by atoms with E-state index < -0.39 is 22.8 Å². The van der Waals surface area contributed by atoms with Gasteiger partial charge in [-0.1, -0.05) is 6.07 Å². The number of carbonyl (C=O) groups is 3. The van der Waals surface area contributed by atoms with E-state index in [0.717, 1.165) is 6.07 Å². The molecular weight excluding hydrogens is 514 g/mol. The van der Waals surface area contributed by atoms with Gasteiger partial charge in [0.2, 0.25) is 0 Å². The Morgan fingerprint density at radius 1 is 1.14 bits per heavy atom. The molecule has 0 spiro atoms. The van der Waals surface area contributed by atoms with Crippen molar-refractivity contribution in [2.75, 3.05) is 12.0 Å². The van der Waals surface area contributed by atoms with Crippen molar-refractivity contribution < 1.29 is 24.0 Å².